The minimum Gasteiger partial charge on any atom is -0.466 e. The third kappa shape index (κ3) is 4.19. The van der Waals surface area contributed by atoms with E-state index in [-0.39, 0.29) is 23.6 Å². The van der Waals surface area contributed by atoms with E-state index in [1.54, 1.807) is 6.08 Å². The smallest absolute Gasteiger partial charge is 0.313 e. The quantitative estimate of drug-likeness (QED) is 0.664. The SMILES string of the molecule is CCCC[C@H](CC)[C@H]1CC(=O)C=C(C)[C@H]1C(=O)OCC. The first kappa shape index (κ1) is 16.9. The number of hydrogen-bond donors (Lipinski definition) is 0. The molecule has 114 valence electrons. The third-order valence-electron chi connectivity index (χ3n) is 4.34. The first-order valence-electron chi connectivity index (χ1n) is 7.92. The second-order valence-corrected chi connectivity index (χ2v) is 5.76. The molecule has 0 N–H and O–H groups in total. The van der Waals surface area contributed by atoms with Crippen molar-refractivity contribution in [1.82, 2.24) is 0 Å². The molecule has 1 aliphatic rings. The van der Waals surface area contributed by atoms with Crippen molar-refractivity contribution in [2.75, 3.05) is 6.61 Å². The molecule has 3 atom stereocenters. The number of allylic oxidation sites excluding steroid dienone is 1. The molecular weight excluding hydrogens is 252 g/mol. The summed E-state index contributed by atoms with van der Waals surface area (Å²) in [7, 11) is 0. The van der Waals surface area contributed by atoms with Crippen LogP contribution in [-0.2, 0) is 14.3 Å². The minimum absolute atomic E-state index is 0.114. The van der Waals surface area contributed by atoms with E-state index in [0.717, 1.165) is 31.3 Å². The van der Waals surface area contributed by atoms with E-state index < -0.39 is 0 Å². The zero-order valence-electron chi connectivity index (χ0n) is 13.3. The number of hydrogen-bond acceptors (Lipinski definition) is 3. The fraction of sp³-hybridized carbons (Fsp3) is 0.765. The Kier molecular flexibility index (Phi) is 6.97. The number of ketones is 1. The van der Waals surface area contributed by atoms with Crippen molar-refractivity contribution >= 4 is 11.8 Å². The van der Waals surface area contributed by atoms with Gasteiger partial charge in [0, 0.05) is 6.42 Å². The Balaban J connectivity index is 2.95. The molecule has 1 rings (SSSR count). The summed E-state index contributed by atoms with van der Waals surface area (Å²) in [5, 5.41) is 0. The maximum atomic E-state index is 12.2. The van der Waals surface area contributed by atoms with Crippen molar-refractivity contribution in [2.45, 2.75) is 59.8 Å². The van der Waals surface area contributed by atoms with Gasteiger partial charge in [0.15, 0.2) is 5.78 Å². The van der Waals surface area contributed by atoms with Crippen LogP contribution in [-0.4, -0.2) is 18.4 Å². The number of unbranched alkanes of at least 4 members (excludes halogenated alkanes) is 1. The Morgan fingerprint density at radius 3 is 2.65 bits per heavy atom. The highest BCUT2D eigenvalue weighted by atomic mass is 16.5. The highest BCUT2D eigenvalue weighted by Crippen LogP contribution is 2.38. The van der Waals surface area contributed by atoms with Crippen molar-refractivity contribution in [3.05, 3.63) is 11.6 Å². The predicted molar refractivity (Wildman–Crippen MR) is 80.3 cm³/mol. The topological polar surface area (TPSA) is 43.4 Å². The fourth-order valence-corrected chi connectivity index (χ4v) is 3.31. The lowest BCUT2D eigenvalue weighted by Gasteiger charge is -2.34. The highest BCUT2D eigenvalue weighted by Gasteiger charge is 2.39. The molecule has 0 saturated heterocycles. The van der Waals surface area contributed by atoms with Gasteiger partial charge >= 0.3 is 5.97 Å². The molecule has 0 radical (unpaired) electrons. The maximum absolute atomic E-state index is 12.2. The van der Waals surface area contributed by atoms with Gasteiger partial charge in [0.2, 0.25) is 0 Å². The number of ether oxygens (including phenoxy) is 1. The molecule has 0 unspecified atom stereocenters. The summed E-state index contributed by atoms with van der Waals surface area (Å²) in [5.74, 6) is 0.311. The maximum Gasteiger partial charge on any atom is 0.313 e. The van der Waals surface area contributed by atoms with Gasteiger partial charge in [-0.2, -0.15) is 0 Å². The molecule has 0 amide bonds. The lowest BCUT2D eigenvalue weighted by molar-refractivity contribution is -0.149. The lowest BCUT2D eigenvalue weighted by Crippen LogP contribution is -2.36. The molecule has 3 heteroatoms. The predicted octanol–water partition coefficient (Wildman–Crippen LogP) is 3.92. The van der Waals surface area contributed by atoms with Gasteiger partial charge in [0.25, 0.3) is 0 Å². The molecular formula is C17H28O3. The molecule has 0 aromatic rings. The van der Waals surface area contributed by atoms with E-state index in [1.807, 2.05) is 13.8 Å². The largest absolute Gasteiger partial charge is 0.466 e. The molecule has 20 heavy (non-hydrogen) atoms. The Hall–Kier alpha value is -1.12. The number of carbonyl (C=O) groups is 2. The molecule has 0 aromatic heterocycles. The van der Waals surface area contributed by atoms with Gasteiger partial charge in [0.05, 0.1) is 12.5 Å². The van der Waals surface area contributed by atoms with Gasteiger partial charge in [-0.3, -0.25) is 9.59 Å². The first-order valence-corrected chi connectivity index (χ1v) is 7.92. The standard InChI is InChI=1S/C17H28O3/c1-5-8-9-13(6-2)15-11-14(18)10-12(4)16(15)17(19)20-7-3/h10,13,15-16H,5-9,11H2,1-4H3/t13-,15+,16+/m0/s1. The summed E-state index contributed by atoms with van der Waals surface area (Å²) in [4.78, 5) is 24.1. The zero-order chi connectivity index (χ0) is 15.1. The monoisotopic (exact) mass is 280 g/mol. The Morgan fingerprint density at radius 2 is 2.10 bits per heavy atom. The van der Waals surface area contributed by atoms with Gasteiger partial charge < -0.3 is 4.74 Å². The van der Waals surface area contributed by atoms with E-state index in [0.29, 0.717) is 18.9 Å². The summed E-state index contributed by atoms with van der Waals surface area (Å²) in [6, 6.07) is 0. The van der Waals surface area contributed by atoms with Crippen LogP contribution in [0, 0.1) is 17.8 Å². The average molecular weight is 280 g/mol. The Morgan fingerprint density at radius 1 is 1.40 bits per heavy atom. The summed E-state index contributed by atoms with van der Waals surface area (Å²) >= 11 is 0. The number of carbonyl (C=O) groups excluding carboxylic acids is 2. The van der Waals surface area contributed by atoms with Crippen LogP contribution in [0.15, 0.2) is 11.6 Å². The molecule has 0 spiro atoms. The van der Waals surface area contributed by atoms with Crippen LogP contribution in [0.5, 0.6) is 0 Å². The second kappa shape index (κ2) is 8.23. The fourth-order valence-electron chi connectivity index (χ4n) is 3.31. The van der Waals surface area contributed by atoms with Crippen LogP contribution in [0.2, 0.25) is 0 Å². The first-order chi connectivity index (χ1) is 9.54. The van der Waals surface area contributed by atoms with E-state index in [4.69, 9.17) is 4.74 Å². The van der Waals surface area contributed by atoms with Crippen LogP contribution < -0.4 is 0 Å². The number of rotatable bonds is 7. The van der Waals surface area contributed by atoms with Crippen LogP contribution >= 0.6 is 0 Å². The van der Waals surface area contributed by atoms with Gasteiger partial charge in [-0.25, -0.2) is 0 Å². The van der Waals surface area contributed by atoms with Crippen LogP contribution in [0.1, 0.15) is 59.8 Å². The molecule has 0 aliphatic heterocycles. The Labute approximate surface area is 122 Å². The molecule has 0 fully saturated rings. The van der Waals surface area contributed by atoms with Crippen LogP contribution in [0.25, 0.3) is 0 Å². The summed E-state index contributed by atoms with van der Waals surface area (Å²) in [5.41, 5.74) is 0.875. The summed E-state index contributed by atoms with van der Waals surface area (Å²) in [6.07, 6.45) is 6.53. The summed E-state index contributed by atoms with van der Waals surface area (Å²) < 4.78 is 5.23. The minimum atomic E-state index is -0.227. The van der Waals surface area contributed by atoms with E-state index >= 15 is 0 Å². The van der Waals surface area contributed by atoms with Crippen molar-refractivity contribution in [1.29, 1.82) is 0 Å². The highest BCUT2D eigenvalue weighted by molar-refractivity contribution is 5.94. The molecule has 0 bridgehead atoms. The van der Waals surface area contributed by atoms with E-state index in [9.17, 15) is 9.59 Å². The van der Waals surface area contributed by atoms with Crippen molar-refractivity contribution in [3.8, 4) is 0 Å². The summed E-state index contributed by atoms with van der Waals surface area (Å²) in [6.45, 7) is 8.44. The lowest BCUT2D eigenvalue weighted by atomic mass is 9.69. The molecule has 0 aromatic carbocycles. The molecule has 0 heterocycles. The van der Waals surface area contributed by atoms with Gasteiger partial charge in [-0.1, -0.05) is 45.1 Å². The van der Waals surface area contributed by atoms with Crippen LogP contribution in [0.4, 0.5) is 0 Å². The zero-order valence-corrected chi connectivity index (χ0v) is 13.3. The van der Waals surface area contributed by atoms with Crippen molar-refractivity contribution < 1.29 is 14.3 Å². The third-order valence-corrected chi connectivity index (χ3v) is 4.34. The van der Waals surface area contributed by atoms with Crippen molar-refractivity contribution in [2.24, 2.45) is 17.8 Å². The van der Waals surface area contributed by atoms with Gasteiger partial charge in [-0.15, -0.1) is 0 Å². The molecule has 0 saturated carbocycles. The van der Waals surface area contributed by atoms with E-state index in [2.05, 4.69) is 13.8 Å². The second-order valence-electron chi connectivity index (χ2n) is 5.76. The van der Waals surface area contributed by atoms with Crippen molar-refractivity contribution in [3.63, 3.8) is 0 Å². The molecule has 1 aliphatic carbocycles. The van der Waals surface area contributed by atoms with Gasteiger partial charge in [0.1, 0.15) is 0 Å². The normalized spacial score (nSPS) is 24.2. The molecule has 3 nitrogen and oxygen atoms in total. The van der Waals surface area contributed by atoms with Crippen LogP contribution in [0.3, 0.4) is 0 Å². The average Bonchev–Trinajstić information content (AvgIpc) is 2.39. The van der Waals surface area contributed by atoms with Gasteiger partial charge in [-0.05, 0) is 31.8 Å². The van der Waals surface area contributed by atoms with E-state index in [1.165, 1.54) is 0 Å². The Bertz CT molecular complexity index is 370. The number of esters is 1.